The highest BCUT2D eigenvalue weighted by Gasteiger charge is 2.43. The van der Waals surface area contributed by atoms with Gasteiger partial charge in [-0.25, -0.2) is 4.79 Å². The Labute approximate surface area is 374 Å². The standard InChI is InChI=1S/C47H75N7O9/c1-13-30(6)41(52(9)46(59)39(28(2)3)50-45(58)40(29(4)5)53(10)47(60)63-27-33-21-23-35(51-48)24-22-33)37(61-11)26-38(55)54-25-17-20-36(54)43(62-12)31(7)44(57)49-32(8)42(56)34-18-15-14-16-19-34/h14-16,18-19,21-24,28-32,36-37,39-43,51,56H,13,17,20,25-27,48H2,1-12H3,(H,49,57)(H,50,58)/t30-,31+,32+,36-,37?,39-,40-,41-,42+,43+/m0/s1. The molecule has 0 bridgehead atoms. The third kappa shape index (κ3) is 13.9. The number of hydrogen-bond donors (Lipinski definition) is 5. The second kappa shape index (κ2) is 24.9. The van der Waals surface area contributed by atoms with Crippen LogP contribution < -0.4 is 21.9 Å². The molecule has 5 amide bonds. The molecule has 1 heterocycles. The fourth-order valence-corrected chi connectivity index (χ4v) is 8.63. The molecule has 16 heteroatoms. The third-order valence-corrected chi connectivity index (χ3v) is 12.6. The molecule has 0 aromatic heterocycles. The first-order chi connectivity index (χ1) is 29.8. The van der Waals surface area contributed by atoms with Gasteiger partial charge in [-0.05, 0) is 60.8 Å². The van der Waals surface area contributed by atoms with E-state index in [4.69, 9.17) is 20.1 Å². The Hall–Kier alpha value is -4.77. The molecule has 2 aromatic rings. The molecule has 1 unspecified atom stereocenters. The number of carbonyl (C=O) groups excluding carboxylic acids is 5. The smallest absolute Gasteiger partial charge is 0.410 e. The summed E-state index contributed by atoms with van der Waals surface area (Å²) < 4.78 is 17.5. The average molecular weight is 882 g/mol. The lowest BCUT2D eigenvalue weighted by Crippen LogP contribution is -2.60. The number of nitrogens with two attached hydrogens (primary N) is 1. The van der Waals surface area contributed by atoms with Gasteiger partial charge in [0.2, 0.25) is 23.6 Å². The molecule has 0 spiro atoms. The van der Waals surface area contributed by atoms with Gasteiger partial charge in [-0.3, -0.25) is 29.9 Å². The maximum absolute atomic E-state index is 14.5. The van der Waals surface area contributed by atoms with Gasteiger partial charge < -0.3 is 45.2 Å². The van der Waals surface area contributed by atoms with Gasteiger partial charge in [0.1, 0.15) is 18.7 Å². The molecule has 0 radical (unpaired) electrons. The van der Waals surface area contributed by atoms with Crippen LogP contribution in [-0.2, 0) is 40.0 Å². The average Bonchev–Trinajstić information content (AvgIpc) is 3.76. The van der Waals surface area contributed by atoms with E-state index in [1.165, 1.54) is 26.2 Å². The number of ether oxygens (including phenoxy) is 3. The number of aliphatic hydroxyl groups is 1. The summed E-state index contributed by atoms with van der Waals surface area (Å²) >= 11 is 0. The maximum atomic E-state index is 14.5. The molecule has 2 aromatic carbocycles. The maximum Gasteiger partial charge on any atom is 0.410 e. The van der Waals surface area contributed by atoms with E-state index in [2.05, 4.69) is 16.1 Å². The van der Waals surface area contributed by atoms with Crippen LogP contribution in [0.5, 0.6) is 0 Å². The van der Waals surface area contributed by atoms with Gasteiger partial charge in [-0.15, -0.1) is 0 Å². The first-order valence-corrected chi connectivity index (χ1v) is 22.2. The summed E-state index contributed by atoms with van der Waals surface area (Å²) in [6, 6.07) is 12.8. The van der Waals surface area contributed by atoms with Crippen LogP contribution in [-0.4, -0.2) is 127 Å². The van der Waals surface area contributed by atoms with Crippen LogP contribution in [0.1, 0.15) is 98.3 Å². The lowest BCUT2D eigenvalue weighted by atomic mass is 9.89. The third-order valence-electron chi connectivity index (χ3n) is 12.6. The summed E-state index contributed by atoms with van der Waals surface area (Å²) in [5, 5.41) is 16.8. The molecule has 0 saturated carbocycles. The van der Waals surface area contributed by atoms with Crippen molar-refractivity contribution < 1.29 is 43.3 Å². The zero-order chi connectivity index (χ0) is 47.1. The van der Waals surface area contributed by atoms with E-state index in [-0.39, 0.29) is 54.5 Å². The van der Waals surface area contributed by atoms with E-state index < -0.39 is 60.4 Å². The minimum absolute atomic E-state index is 0.0130. The Morgan fingerprint density at radius 1 is 0.857 bits per heavy atom. The minimum atomic E-state index is -0.961. The first kappa shape index (κ1) is 52.6. The number of rotatable bonds is 23. The number of benzene rings is 2. The predicted molar refractivity (Wildman–Crippen MR) is 243 cm³/mol. The van der Waals surface area contributed by atoms with Crippen LogP contribution in [0, 0.1) is 23.7 Å². The number of likely N-dealkylation sites (tertiary alicyclic amines) is 1. The van der Waals surface area contributed by atoms with Crippen molar-refractivity contribution in [1.29, 1.82) is 0 Å². The van der Waals surface area contributed by atoms with Gasteiger partial charge in [0, 0.05) is 40.5 Å². The van der Waals surface area contributed by atoms with Crippen molar-refractivity contribution >= 4 is 35.4 Å². The van der Waals surface area contributed by atoms with E-state index in [9.17, 15) is 29.1 Å². The highest BCUT2D eigenvalue weighted by atomic mass is 16.6. The molecule has 1 aliphatic rings. The van der Waals surface area contributed by atoms with E-state index in [1.54, 1.807) is 67.1 Å². The number of anilines is 1. The molecular formula is C47H75N7O9. The molecule has 63 heavy (non-hydrogen) atoms. The quantitative estimate of drug-likeness (QED) is 0.0753. The van der Waals surface area contributed by atoms with Crippen molar-refractivity contribution in [2.45, 2.75) is 136 Å². The second-order valence-electron chi connectivity index (χ2n) is 17.7. The fourth-order valence-electron chi connectivity index (χ4n) is 8.63. The number of methoxy groups -OCH3 is 2. The molecular weight excluding hydrogens is 807 g/mol. The summed E-state index contributed by atoms with van der Waals surface area (Å²) in [5.41, 5.74) is 4.68. The van der Waals surface area contributed by atoms with E-state index in [0.29, 0.717) is 30.6 Å². The number of carbonyl (C=O) groups is 5. The Bertz CT molecular complexity index is 1760. The van der Waals surface area contributed by atoms with Crippen molar-refractivity contribution in [2.75, 3.05) is 40.3 Å². The number of nitrogens with zero attached hydrogens (tertiary/aromatic N) is 3. The summed E-state index contributed by atoms with van der Waals surface area (Å²) in [6.07, 6.45) is -0.929. The number of hydrazine groups is 1. The molecule has 1 aliphatic heterocycles. The highest BCUT2D eigenvalue weighted by Crippen LogP contribution is 2.30. The Morgan fingerprint density at radius 3 is 2.03 bits per heavy atom. The molecule has 352 valence electrons. The number of hydrogen-bond acceptors (Lipinski definition) is 11. The summed E-state index contributed by atoms with van der Waals surface area (Å²) in [5.74, 6) is 2.71. The highest BCUT2D eigenvalue weighted by molar-refractivity contribution is 5.91. The Morgan fingerprint density at radius 2 is 1.49 bits per heavy atom. The number of likely N-dealkylation sites (N-methyl/N-ethyl adjacent to an activating group) is 2. The van der Waals surface area contributed by atoms with E-state index in [1.807, 2.05) is 59.7 Å². The molecule has 16 nitrogen and oxygen atoms in total. The zero-order valence-electron chi connectivity index (χ0n) is 39.5. The molecule has 1 fully saturated rings. The molecule has 0 aliphatic carbocycles. The molecule has 1 saturated heterocycles. The van der Waals surface area contributed by atoms with Crippen LogP contribution in [0.4, 0.5) is 10.5 Å². The van der Waals surface area contributed by atoms with Gasteiger partial charge in [0.25, 0.3) is 0 Å². The number of amides is 5. The zero-order valence-corrected chi connectivity index (χ0v) is 39.5. The minimum Gasteiger partial charge on any atom is -0.445 e. The van der Waals surface area contributed by atoms with Gasteiger partial charge in [-0.2, -0.15) is 0 Å². The Balaban J connectivity index is 1.75. The lowest BCUT2D eigenvalue weighted by Gasteiger charge is -2.41. The number of nitrogen functional groups attached to an aromatic ring is 1. The van der Waals surface area contributed by atoms with Crippen molar-refractivity contribution in [3.05, 3.63) is 65.7 Å². The molecule has 6 N–H and O–H groups in total. The van der Waals surface area contributed by atoms with Gasteiger partial charge in [0.15, 0.2) is 0 Å². The van der Waals surface area contributed by atoms with Gasteiger partial charge in [-0.1, -0.05) is 97.4 Å². The van der Waals surface area contributed by atoms with E-state index >= 15 is 0 Å². The van der Waals surface area contributed by atoms with Crippen molar-refractivity contribution in [2.24, 2.45) is 29.5 Å². The fraction of sp³-hybridized carbons (Fsp3) is 0.638. The van der Waals surface area contributed by atoms with Crippen LogP contribution >= 0.6 is 0 Å². The number of nitrogens with one attached hydrogen (secondary N) is 3. The Kier molecular flexibility index (Phi) is 20.8. The first-order valence-electron chi connectivity index (χ1n) is 22.2. The summed E-state index contributed by atoms with van der Waals surface area (Å²) in [6.45, 7) is 15.3. The van der Waals surface area contributed by atoms with Crippen molar-refractivity contribution in [1.82, 2.24) is 25.3 Å². The van der Waals surface area contributed by atoms with Gasteiger partial charge in [0.05, 0.1) is 48.8 Å². The number of aliphatic hydroxyl groups excluding tert-OH is 1. The van der Waals surface area contributed by atoms with E-state index in [0.717, 1.165) is 12.0 Å². The molecule has 10 atom stereocenters. The van der Waals surface area contributed by atoms with Crippen LogP contribution in [0.25, 0.3) is 0 Å². The largest absolute Gasteiger partial charge is 0.445 e. The lowest BCUT2D eigenvalue weighted by molar-refractivity contribution is -0.148. The topological polar surface area (TPSA) is 205 Å². The van der Waals surface area contributed by atoms with Crippen molar-refractivity contribution in [3.8, 4) is 0 Å². The van der Waals surface area contributed by atoms with Crippen LogP contribution in [0.2, 0.25) is 0 Å². The van der Waals surface area contributed by atoms with Crippen LogP contribution in [0.15, 0.2) is 54.6 Å². The van der Waals surface area contributed by atoms with Crippen LogP contribution in [0.3, 0.4) is 0 Å². The molecule has 3 rings (SSSR count). The summed E-state index contributed by atoms with van der Waals surface area (Å²) in [7, 11) is 6.24. The van der Waals surface area contributed by atoms with Gasteiger partial charge >= 0.3 is 6.09 Å². The second-order valence-corrected chi connectivity index (χ2v) is 17.7. The predicted octanol–water partition coefficient (Wildman–Crippen LogP) is 4.86. The summed E-state index contributed by atoms with van der Waals surface area (Å²) in [4.78, 5) is 74.3. The monoisotopic (exact) mass is 882 g/mol. The van der Waals surface area contributed by atoms with Crippen molar-refractivity contribution in [3.63, 3.8) is 0 Å². The normalized spacial score (nSPS) is 18.3. The SMILES string of the molecule is CC[C@H](C)[C@@H](C(CC(=O)N1CCC[C@H]1[C@H](OC)[C@@H](C)C(=O)N[C@H](C)[C@@H](O)c1ccccc1)OC)N(C)C(=O)[C@@H](NC(=O)[C@H](C(C)C)N(C)C(=O)OCc1ccc(NN)cc1)C(C)C.